The number of carbonyl (C=O) groups is 1. The summed E-state index contributed by atoms with van der Waals surface area (Å²) in [6.45, 7) is 4.92. The van der Waals surface area contributed by atoms with Gasteiger partial charge in [-0.25, -0.2) is 0 Å². The molecule has 1 aliphatic heterocycles. The standard InChI is InChI=1S/C4H9NO.C2H4O2.Mg.H2O.2H/c1-3-6-4-2-5-1;1-2(3)4;;;;/h5H,1-4H2;1H3,(H,3,4);;1H2;;/q;;+2;;2*-1. The van der Waals surface area contributed by atoms with Gasteiger partial charge in [0.05, 0.1) is 13.2 Å². The first-order valence-electron chi connectivity index (χ1n) is 3.21. The van der Waals surface area contributed by atoms with E-state index in [2.05, 4.69) is 5.32 Å². The van der Waals surface area contributed by atoms with E-state index >= 15 is 0 Å². The second-order valence-electron chi connectivity index (χ2n) is 1.88. The van der Waals surface area contributed by atoms with Gasteiger partial charge in [-0.2, -0.15) is 0 Å². The van der Waals surface area contributed by atoms with Crippen LogP contribution in [-0.4, -0.2) is 65.9 Å². The third-order valence-electron chi connectivity index (χ3n) is 0.846. The number of hydrogen-bond acceptors (Lipinski definition) is 3. The summed E-state index contributed by atoms with van der Waals surface area (Å²) in [7, 11) is 0. The number of rotatable bonds is 0. The SMILES string of the molecule is C1COCCN1.CC(=O)O.O.[H-].[H-].[Mg+2]. The van der Waals surface area contributed by atoms with Gasteiger partial charge < -0.3 is 23.5 Å². The second-order valence-corrected chi connectivity index (χ2v) is 1.88. The quantitative estimate of drug-likeness (QED) is 0.467. The minimum Gasteiger partial charge on any atom is -1.00 e. The van der Waals surface area contributed by atoms with Crippen LogP contribution in [0, 0.1) is 0 Å². The van der Waals surface area contributed by atoms with E-state index in [1.165, 1.54) is 0 Å². The van der Waals surface area contributed by atoms with E-state index in [9.17, 15) is 0 Å². The molecule has 0 aromatic rings. The number of hydrogen-bond donors (Lipinski definition) is 2. The first-order chi connectivity index (χ1) is 4.73. The molecule has 0 amide bonds. The summed E-state index contributed by atoms with van der Waals surface area (Å²) in [5, 5.41) is 10.6. The summed E-state index contributed by atoms with van der Waals surface area (Å²) in [6, 6.07) is 0. The third-order valence-corrected chi connectivity index (χ3v) is 0.846. The van der Waals surface area contributed by atoms with Crippen LogP contribution in [0.5, 0.6) is 0 Å². The molecular weight excluding hydrogens is 174 g/mol. The van der Waals surface area contributed by atoms with Crippen LogP contribution in [-0.2, 0) is 9.53 Å². The molecule has 1 aliphatic rings. The molecule has 0 aromatic carbocycles. The molecule has 0 spiro atoms. The fourth-order valence-electron chi connectivity index (χ4n) is 0.516. The largest absolute Gasteiger partial charge is 2.00 e. The van der Waals surface area contributed by atoms with Crippen molar-refractivity contribution in [3.05, 3.63) is 0 Å². The Hall–Kier alpha value is 0.116. The summed E-state index contributed by atoms with van der Waals surface area (Å²) < 4.78 is 5.01. The maximum Gasteiger partial charge on any atom is 2.00 e. The summed E-state index contributed by atoms with van der Waals surface area (Å²) in [6.07, 6.45) is 0. The van der Waals surface area contributed by atoms with E-state index in [-0.39, 0.29) is 31.4 Å². The third kappa shape index (κ3) is 22.5. The van der Waals surface area contributed by atoms with Crippen LogP contribution in [0.15, 0.2) is 0 Å². The molecular formula is C6H17MgNO4. The number of carboxylic acids is 1. The molecule has 6 heteroatoms. The van der Waals surface area contributed by atoms with E-state index in [1.807, 2.05) is 0 Å². The molecule has 0 aliphatic carbocycles. The fraction of sp³-hybridized carbons (Fsp3) is 0.833. The van der Waals surface area contributed by atoms with E-state index < -0.39 is 5.97 Å². The molecule has 1 heterocycles. The van der Waals surface area contributed by atoms with Gasteiger partial charge in [-0.15, -0.1) is 0 Å². The molecule has 1 fully saturated rings. The van der Waals surface area contributed by atoms with Crippen molar-refractivity contribution in [1.82, 2.24) is 5.32 Å². The monoisotopic (exact) mass is 191 g/mol. The molecule has 5 nitrogen and oxygen atoms in total. The van der Waals surface area contributed by atoms with Crippen LogP contribution < -0.4 is 5.32 Å². The fourth-order valence-corrected chi connectivity index (χ4v) is 0.516. The number of morpholine rings is 1. The van der Waals surface area contributed by atoms with Crippen LogP contribution >= 0.6 is 0 Å². The molecule has 72 valence electrons. The summed E-state index contributed by atoms with van der Waals surface area (Å²) in [5.74, 6) is -0.833. The summed E-state index contributed by atoms with van der Waals surface area (Å²) in [5.41, 5.74) is 0. The molecule has 4 N–H and O–H groups in total. The van der Waals surface area contributed by atoms with Gasteiger partial charge in [-0.3, -0.25) is 4.79 Å². The molecule has 0 saturated carbocycles. The van der Waals surface area contributed by atoms with Crippen LogP contribution in [0.3, 0.4) is 0 Å². The van der Waals surface area contributed by atoms with Crippen LogP contribution in [0.25, 0.3) is 0 Å². The molecule has 1 rings (SSSR count). The Morgan fingerprint density at radius 3 is 1.92 bits per heavy atom. The smallest absolute Gasteiger partial charge is 1.00 e. The topological polar surface area (TPSA) is 90.1 Å². The maximum absolute atomic E-state index is 9.00. The number of nitrogens with one attached hydrogen (secondary N) is 1. The Morgan fingerprint density at radius 2 is 1.83 bits per heavy atom. The summed E-state index contributed by atoms with van der Waals surface area (Å²) in [4.78, 5) is 9.00. The normalized spacial score (nSPS) is 14.1. The Bertz CT molecular complexity index is 90.3. The summed E-state index contributed by atoms with van der Waals surface area (Å²) >= 11 is 0. The minimum atomic E-state index is -0.833. The first kappa shape index (κ1) is 18.0. The van der Waals surface area contributed by atoms with Gasteiger partial charge in [-0.1, -0.05) is 0 Å². The molecule has 0 unspecified atom stereocenters. The Kier molecular flexibility index (Phi) is 20.6. The van der Waals surface area contributed by atoms with Gasteiger partial charge >= 0.3 is 23.1 Å². The molecule has 0 aromatic heterocycles. The van der Waals surface area contributed by atoms with Crippen molar-refractivity contribution in [3.8, 4) is 0 Å². The Labute approximate surface area is 90.9 Å². The molecule has 0 radical (unpaired) electrons. The Morgan fingerprint density at radius 1 is 1.50 bits per heavy atom. The van der Waals surface area contributed by atoms with Gasteiger partial charge in [-0.05, 0) is 0 Å². The zero-order chi connectivity index (χ0) is 7.82. The Balaban J connectivity index is -0.0000000315. The van der Waals surface area contributed by atoms with Crippen LogP contribution in [0.4, 0.5) is 0 Å². The molecule has 1 saturated heterocycles. The van der Waals surface area contributed by atoms with E-state index in [1.54, 1.807) is 0 Å². The molecule has 0 bridgehead atoms. The maximum atomic E-state index is 9.00. The zero-order valence-corrected chi connectivity index (χ0v) is 8.71. The number of ether oxygens (including phenoxy) is 1. The average Bonchev–Trinajstić information content (AvgIpc) is 1.90. The van der Waals surface area contributed by atoms with Crippen LogP contribution in [0.2, 0.25) is 0 Å². The van der Waals surface area contributed by atoms with Gasteiger partial charge in [0.15, 0.2) is 0 Å². The predicted molar refractivity (Wildman–Crippen MR) is 48.6 cm³/mol. The zero-order valence-electron chi connectivity index (χ0n) is 9.30. The van der Waals surface area contributed by atoms with Crippen molar-refractivity contribution >= 4 is 29.0 Å². The molecule has 0 atom stereocenters. The van der Waals surface area contributed by atoms with E-state index in [0.717, 1.165) is 33.2 Å². The predicted octanol–water partition coefficient (Wildman–Crippen LogP) is -1.28. The number of carboxylic acid groups (broad SMARTS) is 1. The van der Waals surface area contributed by atoms with Gasteiger partial charge in [0.25, 0.3) is 5.97 Å². The first-order valence-corrected chi connectivity index (χ1v) is 3.21. The van der Waals surface area contributed by atoms with Crippen molar-refractivity contribution in [2.75, 3.05) is 26.3 Å². The van der Waals surface area contributed by atoms with Crippen molar-refractivity contribution in [3.63, 3.8) is 0 Å². The van der Waals surface area contributed by atoms with Gasteiger partial charge in [0.2, 0.25) is 0 Å². The van der Waals surface area contributed by atoms with Crippen molar-refractivity contribution in [1.29, 1.82) is 0 Å². The van der Waals surface area contributed by atoms with E-state index in [0.29, 0.717) is 0 Å². The van der Waals surface area contributed by atoms with Crippen molar-refractivity contribution in [2.24, 2.45) is 0 Å². The van der Waals surface area contributed by atoms with Crippen LogP contribution in [0.1, 0.15) is 9.78 Å². The molecule has 12 heavy (non-hydrogen) atoms. The second kappa shape index (κ2) is 13.7. The van der Waals surface area contributed by atoms with Crippen molar-refractivity contribution < 1.29 is 23.0 Å². The van der Waals surface area contributed by atoms with Crippen molar-refractivity contribution in [2.45, 2.75) is 6.92 Å². The minimum absolute atomic E-state index is 0. The van der Waals surface area contributed by atoms with Gasteiger partial charge in [0.1, 0.15) is 0 Å². The van der Waals surface area contributed by atoms with Gasteiger partial charge in [0, 0.05) is 20.0 Å². The van der Waals surface area contributed by atoms with E-state index in [4.69, 9.17) is 14.6 Å². The number of aliphatic carboxylic acids is 1. The average molecular weight is 192 g/mol.